The summed E-state index contributed by atoms with van der Waals surface area (Å²) in [5.74, 6) is -0.686. The van der Waals surface area contributed by atoms with Crippen LogP contribution < -0.4 is 14.8 Å². The van der Waals surface area contributed by atoms with E-state index in [-0.39, 0.29) is 30.0 Å². The molecule has 0 aliphatic carbocycles. The molecule has 8 nitrogen and oxygen atoms in total. The van der Waals surface area contributed by atoms with E-state index in [4.69, 9.17) is 10.5 Å². The fourth-order valence-corrected chi connectivity index (χ4v) is 5.63. The third-order valence-electron chi connectivity index (χ3n) is 5.75. The van der Waals surface area contributed by atoms with Crippen molar-refractivity contribution < 1.29 is 22.7 Å². The van der Waals surface area contributed by atoms with Crippen LogP contribution in [0.1, 0.15) is 18.4 Å². The molecule has 2 aliphatic heterocycles. The Labute approximate surface area is 181 Å². The Balaban J connectivity index is 1.56. The normalized spacial score (nSPS) is 19.4. The summed E-state index contributed by atoms with van der Waals surface area (Å²) in [7, 11) is -3.75. The molecule has 164 valence electrons. The summed E-state index contributed by atoms with van der Waals surface area (Å²) in [6.45, 7) is 0.691. The summed E-state index contributed by atoms with van der Waals surface area (Å²) in [4.78, 5) is 26.2. The van der Waals surface area contributed by atoms with Crippen molar-refractivity contribution in [3.8, 4) is 5.75 Å². The summed E-state index contributed by atoms with van der Waals surface area (Å²) in [5.41, 5.74) is 6.47. The molecule has 2 aliphatic rings. The van der Waals surface area contributed by atoms with E-state index in [1.807, 2.05) is 6.07 Å². The van der Waals surface area contributed by atoms with Gasteiger partial charge in [-0.2, -0.15) is 0 Å². The molecular formula is C22H25N3O5S. The number of hydrogen-bond donors (Lipinski definition) is 1. The van der Waals surface area contributed by atoms with Crippen LogP contribution in [0.15, 0.2) is 54.6 Å². The molecule has 2 heterocycles. The number of amides is 2. The van der Waals surface area contributed by atoms with E-state index >= 15 is 0 Å². The molecule has 1 saturated heterocycles. The van der Waals surface area contributed by atoms with Crippen LogP contribution in [0.25, 0.3) is 0 Å². The second kappa shape index (κ2) is 8.58. The first kappa shape index (κ1) is 21.2. The molecule has 0 unspecified atom stereocenters. The maximum Gasteiger partial charge on any atom is 0.265 e. The molecule has 0 radical (unpaired) electrons. The number of fused-ring (bicyclic) bond motifs is 1. The number of nitrogens with zero attached hydrogens (tertiary/aromatic N) is 2. The fourth-order valence-electron chi connectivity index (χ4n) is 4.05. The molecule has 4 rings (SSSR count). The van der Waals surface area contributed by atoms with Crippen molar-refractivity contribution in [2.75, 3.05) is 23.9 Å². The molecule has 0 spiro atoms. The average molecular weight is 444 g/mol. The van der Waals surface area contributed by atoms with E-state index in [1.54, 1.807) is 53.4 Å². The van der Waals surface area contributed by atoms with Crippen LogP contribution in [-0.4, -0.2) is 50.9 Å². The molecule has 2 amide bonds. The van der Waals surface area contributed by atoms with Crippen LogP contribution in [0.4, 0.5) is 5.69 Å². The highest BCUT2D eigenvalue weighted by molar-refractivity contribution is 7.92. The van der Waals surface area contributed by atoms with E-state index in [0.717, 1.165) is 0 Å². The van der Waals surface area contributed by atoms with Crippen molar-refractivity contribution in [2.24, 2.45) is 11.7 Å². The minimum Gasteiger partial charge on any atom is -0.476 e. The number of carbonyl (C=O) groups is 2. The number of benzene rings is 2. The smallest absolute Gasteiger partial charge is 0.265 e. The van der Waals surface area contributed by atoms with Crippen molar-refractivity contribution >= 4 is 27.5 Å². The zero-order valence-electron chi connectivity index (χ0n) is 17.0. The zero-order chi connectivity index (χ0) is 22.0. The Morgan fingerprint density at radius 3 is 2.32 bits per heavy atom. The maximum atomic E-state index is 13.3. The van der Waals surface area contributed by atoms with Crippen molar-refractivity contribution in [3.63, 3.8) is 0 Å². The molecule has 31 heavy (non-hydrogen) atoms. The first-order valence-corrected chi connectivity index (χ1v) is 11.8. The monoisotopic (exact) mass is 443 g/mol. The van der Waals surface area contributed by atoms with Gasteiger partial charge in [0.25, 0.3) is 5.91 Å². The van der Waals surface area contributed by atoms with E-state index < -0.39 is 16.1 Å². The molecule has 1 fully saturated rings. The van der Waals surface area contributed by atoms with Crippen LogP contribution in [0, 0.1) is 5.92 Å². The maximum absolute atomic E-state index is 13.3. The molecule has 0 bridgehead atoms. The number of rotatable bonds is 5. The van der Waals surface area contributed by atoms with E-state index in [2.05, 4.69) is 0 Å². The zero-order valence-corrected chi connectivity index (χ0v) is 17.8. The van der Waals surface area contributed by atoms with E-state index in [0.29, 0.717) is 42.9 Å². The number of nitrogens with two attached hydrogens (primary N) is 1. The van der Waals surface area contributed by atoms with Gasteiger partial charge in [-0.05, 0) is 30.5 Å². The number of anilines is 1. The van der Waals surface area contributed by atoms with Gasteiger partial charge in [0.05, 0.1) is 18.0 Å². The topological polar surface area (TPSA) is 110 Å². The molecule has 2 aromatic rings. The summed E-state index contributed by atoms with van der Waals surface area (Å²) < 4.78 is 33.7. The molecule has 2 aromatic carbocycles. The van der Waals surface area contributed by atoms with Crippen LogP contribution in [0.2, 0.25) is 0 Å². The summed E-state index contributed by atoms with van der Waals surface area (Å²) in [6.07, 6.45) is 0.0476. The number of piperidine rings is 1. The van der Waals surface area contributed by atoms with Gasteiger partial charge in [0, 0.05) is 19.0 Å². The number of primary amides is 1. The minimum absolute atomic E-state index is 0.0965. The highest BCUT2D eigenvalue weighted by atomic mass is 32.2. The first-order chi connectivity index (χ1) is 14.8. The average Bonchev–Trinajstić information content (AvgIpc) is 2.78. The third-order valence-corrected chi connectivity index (χ3v) is 7.46. The second-order valence-corrected chi connectivity index (χ2v) is 9.74. The predicted molar refractivity (Wildman–Crippen MR) is 116 cm³/mol. The summed E-state index contributed by atoms with van der Waals surface area (Å²) in [6, 6.07) is 15.8. The fraction of sp³-hybridized carbons (Fsp3) is 0.364. The van der Waals surface area contributed by atoms with Gasteiger partial charge in [-0.1, -0.05) is 42.5 Å². The van der Waals surface area contributed by atoms with Gasteiger partial charge < -0.3 is 15.4 Å². The Bertz CT molecular complexity index is 1070. The molecule has 0 aromatic heterocycles. The minimum atomic E-state index is -3.75. The Kier molecular flexibility index (Phi) is 5.86. The summed E-state index contributed by atoms with van der Waals surface area (Å²) >= 11 is 0. The SMILES string of the molecule is NC(=O)C1CCN(C(=O)[C@@H]2CN(S(=O)(=O)Cc3ccccc3)c3ccccc3O2)CC1. The van der Waals surface area contributed by atoms with Gasteiger partial charge in [0.1, 0.15) is 5.75 Å². The van der Waals surface area contributed by atoms with Crippen molar-refractivity contribution in [1.82, 2.24) is 4.90 Å². The Hall–Kier alpha value is -3.07. The standard InChI is InChI=1S/C22H25N3O5S/c23-21(26)17-10-12-24(13-11-17)22(27)20-14-25(18-8-4-5-9-19(18)30-20)31(28,29)15-16-6-2-1-3-7-16/h1-9,17,20H,10-15H2,(H2,23,26)/t20-/m0/s1. The van der Waals surface area contributed by atoms with E-state index in [9.17, 15) is 18.0 Å². The lowest BCUT2D eigenvalue weighted by atomic mass is 9.96. The predicted octanol–water partition coefficient (Wildman–Crippen LogP) is 1.51. The largest absolute Gasteiger partial charge is 0.476 e. The Morgan fingerprint density at radius 2 is 1.65 bits per heavy atom. The highest BCUT2D eigenvalue weighted by Crippen LogP contribution is 2.36. The molecule has 2 N–H and O–H groups in total. The lowest BCUT2D eigenvalue weighted by Gasteiger charge is -2.38. The molecule has 9 heteroatoms. The molecule has 1 atom stereocenters. The van der Waals surface area contributed by atoms with Gasteiger partial charge in [-0.15, -0.1) is 0 Å². The van der Waals surface area contributed by atoms with Crippen LogP contribution in [0.5, 0.6) is 5.75 Å². The van der Waals surface area contributed by atoms with Crippen molar-refractivity contribution in [3.05, 3.63) is 60.2 Å². The lowest BCUT2D eigenvalue weighted by molar-refractivity contribution is -0.141. The van der Waals surface area contributed by atoms with Gasteiger partial charge in [0.15, 0.2) is 6.10 Å². The lowest BCUT2D eigenvalue weighted by Crippen LogP contribution is -2.53. The number of hydrogen-bond acceptors (Lipinski definition) is 5. The molecular weight excluding hydrogens is 418 g/mol. The Morgan fingerprint density at radius 1 is 1.00 bits per heavy atom. The van der Waals surface area contributed by atoms with Crippen molar-refractivity contribution in [1.29, 1.82) is 0 Å². The second-order valence-electron chi connectivity index (χ2n) is 7.85. The van der Waals surface area contributed by atoms with E-state index in [1.165, 1.54) is 4.31 Å². The van der Waals surface area contributed by atoms with Crippen molar-refractivity contribution in [2.45, 2.75) is 24.7 Å². The number of carbonyl (C=O) groups excluding carboxylic acids is 2. The van der Waals surface area contributed by atoms with Gasteiger partial charge >= 0.3 is 0 Å². The third kappa shape index (κ3) is 4.51. The van der Waals surface area contributed by atoms with Gasteiger partial charge in [0.2, 0.25) is 15.9 Å². The highest BCUT2D eigenvalue weighted by Gasteiger charge is 2.39. The molecule has 0 saturated carbocycles. The van der Waals surface area contributed by atoms with Gasteiger partial charge in [-0.3, -0.25) is 13.9 Å². The van der Waals surface area contributed by atoms with Gasteiger partial charge in [-0.25, -0.2) is 8.42 Å². The number of ether oxygens (including phenoxy) is 1. The summed E-state index contributed by atoms with van der Waals surface area (Å²) in [5, 5.41) is 0. The number of sulfonamides is 1. The van der Waals surface area contributed by atoms with Crippen LogP contribution in [-0.2, 0) is 25.4 Å². The first-order valence-electron chi connectivity index (χ1n) is 10.2. The van der Waals surface area contributed by atoms with Crippen LogP contribution in [0.3, 0.4) is 0 Å². The number of likely N-dealkylation sites (tertiary alicyclic amines) is 1. The number of para-hydroxylation sites is 2. The quantitative estimate of drug-likeness (QED) is 0.753. The van der Waals surface area contributed by atoms with Crippen LogP contribution >= 0.6 is 0 Å².